The summed E-state index contributed by atoms with van der Waals surface area (Å²) in [5, 5.41) is 10.7. The molecule has 6 heteroatoms. The molecule has 126 valence electrons. The van der Waals surface area contributed by atoms with Crippen LogP contribution in [-0.2, 0) is 9.53 Å². The molecule has 5 nitrogen and oxygen atoms in total. The average molecular weight is 354 g/mol. The number of nitrogens with zero attached hydrogens (tertiary/aromatic N) is 2. The summed E-state index contributed by atoms with van der Waals surface area (Å²) in [4.78, 5) is 16.7. The van der Waals surface area contributed by atoms with E-state index < -0.39 is 5.92 Å². The molecule has 1 aliphatic heterocycles. The van der Waals surface area contributed by atoms with Crippen LogP contribution in [0.5, 0.6) is 0 Å². The van der Waals surface area contributed by atoms with E-state index in [0.717, 1.165) is 16.5 Å². The zero-order chi connectivity index (χ0) is 18.3. The number of allylic oxidation sites excluding steroid dienone is 3. The Morgan fingerprint density at radius 3 is 2.76 bits per heavy atom. The number of ether oxygens (including phenoxy) is 1. The van der Waals surface area contributed by atoms with Crippen molar-refractivity contribution in [3.63, 3.8) is 0 Å². The maximum atomic E-state index is 12.2. The molecule has 0 radical (unpaired) electrons. The standard InChI is InChI=1S/C19H16ClN3O2/c1-9-5-4-6-12-7-13(18(20)23-17(9)12)16-14(8-21)19(22)25-11(3)15(16)10(2)24/h4-7,16H,22H2,1-3H3/t16-/m0/s1. The highest BCUT2D eigenvalue weighted by atomic mass is 35.5. The van der Waals surface area contributed by atoms with Crippen LogP contribution in [0.25, 0.3) is 10.9 Å². The van der Waals surface area contributed by atoms with Crippen LogP contribution in [0.1, 0.15) is 30.9 Å². The number of rotatable bonds is 2. The van der Waals surface area contributed by atoms with Gasteiger partial charge in [-0.05, 0) is 32.4 Å². The van der Waals surface area contributed by atoms with E-state index in [1.807, 2.05) is 31.2 Å². The van der Waals surface area contributed by atoms with E-state index in [2.05, 4.69) is 11.1 Å². The second-order valence-electron chi connectivity index (χ2n) is 5.97. The predicted molar refractivity (Wildman–Crippen MR) is 95.5 cm³/mol. The second kappa shape index (κ2) is 6.23. The van der Waals surface area contributed by atoms with Gasteiger partial charge in [0.1, 0.15) is 22.6 Å². The Labute approximate surface area is 150 Å². The Hall–Kier alpha value is -2.84. The molecular weight excluding hydrogens is 338 g/mol. The van der Waals surface area contributed by atoms with Gasteiger partial charge in [0, 0.05) is 16.5 Å². The summed E-state index contributed by atoms with van der Waals surface area (Å²) in [6.07, 6.45) is 0. The molecule has 1 atom stereocenters. The molecule has 25 heavy (non-hydrogen) atoms. The van der Waals surface area contributed by atoms with Crippen molar-refractivity contribution in [3.05, 3.63) is 63.3 Å². The van der Waals surface area contributed by atoms with Gasteiger partial charge in [-0.1, -0.05) is 29.8 Å². The lowest BCUT2D eigenvalue weighted by molar-refractivity contribution is -0.114. The van der Waals surface area contributed by atoms with Gasteiger partial charge in [-0.2, -0.15) is 5.26 Å². The average Bonchev–Trinajstić information content (AvgIpc) is 2.54. The zero-order valence-electron chi connectivity index (χ0n) is 14.1. The summed E-state index contributed by atoms with van der Waals surface area (Å²) < 4.78 is 5.39. The van der Waals surface area contributed by atoms with Crippen molar-refractivity contribution in [1.29, 1.82) is 5.26 Å². The molecule has 0 amide bonds. The number of aromatic nitrogens is 1. The number of nitriles is 1. The zero-order valence-corrected chi connectivity index (χ0v) is 14.8. The lowest BCUT2D eigenvalue weighted by Gasteiger charge is -2.27. The minimum atomic E-state index is -0.693. The van der Waals surface area contributed by atoms with Gasteiger partial charge >= 0.3 is 0 Å². The molecule has 0 saturated heterocycles. The largest absolute Gasteiger partial charge is 0.445 e. The summed E-state index contributed by atoms with van der Waals surface area (Å²) in [5.41, 5.74) is 8.74. The lowest BCUT2D eigenvalue weighted by atomic mass is 9.81. The highest BCUT2D eigenvalue weighted by molar-refractivity contribution is 6.31. The van der Waals surface area contributed by atoms with Gasteiger partial charge < -0.3 is 10.5 Å². The monoisotopic (exact) mass is 353 g/mol. The number of para-hydroxylation sites is 1. The van der Waals surface area contributed by atoms with Crippen molar-refractivity contribution in [2.75, 3.05) is 0 Å². The third-order valence-electron chi connectivity index (χ3n) is 4.32. The smallest absolute Gasteiger partial charge is 0.205 e. The van der Waals surface area contributed by atoms with E-state index >= 15 is 0 Å². The van der Waals surface area contributed by atoms with E-state index in [-0.39, 0.29) is 22.4 Å². The summed E-state index contributed by atoms with van der Waals surface area (Å²) >= 11 is 6.44. The molecule has 1 aliphatic rings. The highest BCUT2D eigenvalue weighted by Gasteiger charge is 2.35. The van der Waals surface area contributed by atoms with Crippen LogP contribution >= 0.6 is 11.6 Å². The van der Waals surface area contributed by atoms with Gasteiger partial charge in [0.25, 0.3) is 0 Å². The highest BCUT2D eigenvalue weighted by Crippen LogP contribution is 2.42. The van der Waals surface area contributed by atoms with Crippen LogP contribution < -0.4 is 5.73 Å². The number of carbonyl (C=O) groups excluding carboxylic acids is 1. The van der Waals surface area contributed by atoms with Gasteiger partial charge in [-0.15, -0.1) is 0 Å². The van der Waals surface area contributed by atoms with Gasteiger partial charge in [-0.25, -0.2) is 4.98 Å². The van der Waals surface area contributed by atoms with Crippen molar-refractivity contribution in [1.82, 2.24) is 4.98 Å². The molecule has 0 unspecified atom stereocenters. The second-order valence-corrected chi connectivity index (χ2v) is 6.32. The van der Waals surface area contributed by atoms with Crippen molar-refractivity contribution in [3.8, 4) is 6.07 Å². The van der Waals surface area contributed by atoms with Crippen molar-refractivity contribution < 1.29 is 9.53 Å². The molecule has 0 saturated carbocycles. The number of Topliss-reactive ketones (excluding diaryl/α,β-unsaturated/α-hetero) is 1. The summed E-state index contributed by atoms with van der Waals surface area (Å²) in [6, 6.07) is 9.69. The van der Waals surface area contributed by atoms with E-state index in [1.54, 1.807) is 6.92 Å². The first kappa shape index (κ1) is 17.0. The quantitative estimate of drug-likeness (QED) is 0.828. The molecule has 0 bridgehead atoms. The topological polar surface area (TPSA) is 89.0 Å². The van der Waals surface area contributed by atoms with Gasteiger partial charge in [0.2, 0.25) is 5.88 Å². The van der Waals surface area contributed by atoms with Crippen molar-refractivity contribution in [2.45, 2.75) is 26.7 Å². The molecule has 1 aromatic carbocycles. The summed E-state index contributed by atoms with van der Waals surface area (Å²) in [6.45, 7) is 5.03. The number of fused-ring (bicyclic) bond motifs is 1. The van der Waals surface area contributed by atoms with Gasteiger partial charge in [-0.3, -0.25) is 4.79 Å². The van der Waals surface area contributed by atoms with Crippen LogP contribution in [0.2, 0.25) is 5.15 Å². The molecule has 3 rings (SSSR count). The first-order valence-corrected chi connectivity index (χ1v) is 8.08. The Kier molecular flexibility index (Phi) is 4.23. The number of halogens is 1. The summed E-state index contributed by atoms with van der Waals surface area (Å²) in [5.74, 6) is -0.547. The Morgan fingerprint density at radius 1 is 1.40 bits per heavy atom. The molecule has 0 spiro atoms. The predicted octanol–water partition coefficient (Wildman–Crippen LogP) is 3.87. The van der Waals surface area contributed by atoms with Crippen molar-refractivity contribution >= 4 is 28.3 Å². The minimum absolute atomic E-state index is 0.0181. The first-order valence-electron chi connectivity index (χ1n) is 7.70. The van der Waals surface area contributed by atoms with Crippen molar-refractivity contribution in [2.24, 2.45) is 5.73 Å². The third-order valence-corrected chi connectivity index (χ3v) is 4.63. The van der Waals surface area contributed by atoms with Crippen LogP contribution in [0.4, 0.5) is 0 Å². The number of aryl methyl sites for hydroxylation is 1. The normalized spacial score (nSPS) is 17.5. The van der Waals surface area contributed by atoms with E-state index in [0.29, 0.717) is 16.9 Å². The molecule has 0 fully saturated rings. The fourth-order valence-corrected chi connectivity index (χ4v) is 3.44. The molecule has 2 heterocycles. The summed E-state index contributed by atoms with van der Waals surface area (Å²) in [7, 11) is 0. The van der Waals surface area contributed by atoms with E-state index in [9.17, 15) is 10.1 Å². The lowest BCUT2D eigenvalue weighted by Crippen LogP contribution is -2.23. The Morgan fingerprint density at radius 2 is 2.12 bits per heavy atom. The number of nitrogens with two attached hydrogens (primary N) is 1. The number of hydrogen-bond acceptors (Lipinski definition) is 5. The van der Waals surface area contributed by atoms with E-state index in [4.69, 9.17) is 22.1 Å². The molecule has 2 N–H and O–H groups in total. The maximum Gasteiger partial charge on any atom is 0.205 e. The fourth-order valence-electron chi connectivity index (χ4n) is 3.19. The number of benzene rings is 1. The van der Waals surface area contributed by atoms with Gasteiger partial charge in [0.05, 0.1) is 11.4 Å². The van der Waals surface area contributed by atoms with Crippen LogP contribution in [0.3, 0.4) is 0 Å². The third kappa shape index (κ3) is 2.75. The van der Waals surface area contributed by atoms with Gasteiger partial charge in [0.15, 0.2) is 5.78 Å². The number of pyridine rings is 1. The Balaban J connectivity index is 2.33. The molecule has 0 aliphatic carbocycles. The van der Waals surface area contributed by atoms with Crippen LogP contribution in [0.15, 0.2) is 47.1 Å². The number of carbonyl (C=O) groups is 1. The van der Waals surface area contributed by atoms with Crippen LogP contribution in [0, 0.1) is 18.3 Å². The van der Waals surface area contributed by atoms with E-state index in [1.165, 1.54) is 6.92 Å². The Bertz CT molecular complexity index is 1020. The molecular formula is C19H16ClN3O2. The minimum Gasteiger partial charge on any atom is -0.445 e. The van der Waals surface area contributed by atoms with Crippen LogP contribution in [-0.4, -0.2) is 10.8 Å². The maximum absolute atomic E-state index is 12.2. The SMILES string of the molecule is CC(=O)C1=C(C)OC(N)=C(C#N)[C@@H]1c1cc2cccc(C)c2nc1Cl. The molecule has 1 aromatic heterocycles. The number of hydrogen-bond donors (Lipinski definition) is 1. The first-order chi connectivity index (χ1) is 11.8. The number of ketones is 1. The fraction of sp³-hybridized carbons (Fsp3) is 0.211. The molecule has 2 aromatic rings.